The first kappa shape index (κ1) is 11.1. The van der Waals surface area contributed by atoms with Gasteiger partial charge in [0.2, 0.25) is 12.0 Å². The van der Waals surface area contributed by atoms with E-state index in [2.05, 4.69) is 9.79 Å². The minimum Gasteiger partial charge on any atom is -0.539 e. The lowest BCUT2D eigenvalue weighted by atomic mass is 10.3. The first-order valence-electron chi connectivity index (χ1n) is 5.03. The molecule has 0 radical (unpaired) electrons. The maximum Gasteiger partial charge on any atom is 0.303 e. The third-order valence-electron chi connectivity index (χ3n) is 2.15. The van der Waals surface area contributed by atoms with E-state index in [0.717, 1.165) is 4.68 Å². The number of ether oxygens (including phenoxy) is 1. The van der Waals surface area contributed by atoms with Crippen molar-refractivity contribution in [3.05, 3.63) is 30.0 Å². The summed E-state index contributed by atoms with van der Waals surface area (Å²) in [5, 5.41) is 14.6. The van der Waals surface area contributed by atoms with E-state index < -0.39 is 5.95 Å². The minimum absolute atomic E-state index is 0.144. The lowest BCUT2D eigenvalue weighted by molar-refractivity contribution is -0.671. The number of nitrogens with zero attached hydrogens (tertiary/aromatic N) is 2. The molecule has 17 heavy (non-hydrogen) atoms. The fourth-order valence-corrected chi connectivity index (χ4v) is 1.39. The van der Waals surface area contributed by atoms with Crippen LogP contribution in [0.1, 0.15) is 17.4 Å². The molecule has 2 rings (SSSR count). The molecule has 0 saturated carbocycles. The Bertz CT molecular complexity index is 519. The molecule has 6 nitrogen and oxygen atoms in total. The van der Waals surface area contributed by atoms with Crippen molar-refractivity contribution in [2.24, 2.45) is 0 Å². The Labute approximate surface area is 97.0 Å². The predicted octanol–water partition coefficient (Wildman–Crippen LogP) is 0.236. The number of aldehydes is 1. The standard InChI is InChI=1S/C11H10N2O4/c1-2-16-9-5-3-8(4-6-9)13-10(7-14)11(15)17-12-13/h3-7H,2H2,1H3. The number of rotatable bonds is 4. The Balaban J connectivity index is 2.36. The number of carbonyl (C=O) groups is 1. The highest BCUT2D eigenvalue weighted by Crippen LogP contribution is 2.13. The van der Waals surface area contributed by atoms with E-state index in [4.69, 9.17) is 4.74 Å². The van der Waals surface area contributed by atoms with Gasteiger partial charge in [0.25, 0.3) is 0 Å². The van der Waals surface area contributed by atoms with Gasteiger partial charge in [0.15, 0.2) is 5.95 Å². The molecule has 1 heterocycles. The molecular weight excluding hydrogens is 224 g/mol. The van der Waals surface area contributed by atoms with Crippen LogP contribution in [0.15, 0.2) is 28.8 Å². The molecule has 0 amide bonds. The highest BCUT2D eigenvalue weighted by molar-refractivity contribution is 5.72. The van der Waals surface area contributed by atoms with Crippen LogP contribution in [0.25, 0.3) is 5.69 Å². The summed E-state index contributed by atoms with van der Waals surface area (Å²) in [5.74, 6) is -0.0516. The molecule has 6 heteroatoms. The molecule has 1 aromatic heterocycles. The van der Waals surface area contributed by atoms with E-state index in [1.54, 1.807) is 24.3 Å². The van der Waals surface area contributed by atoms with Crippen LogP contribution in [0.2, 0.25) is 0 Å². The Hall–Kier alpha value is -2.37. The average molecular weight is 234 g/mol. The molecule has 0 fully saturated rings. The maximum absolute atomic E-state index is 11.1. The van der Waals surface area contributed by atoms with E-state index in [9.17, 15) is 9.90 Å². The van der Waals surface area contributed by atoms with Gasteiger partial charge in [-0.3, -0.25) is 4.79 Å². The van der Waals surface area contributed by atoms with Crippen LogP contribution in [-0.4, -0.2) is 18.2 Å². The number of aromatic nitrogens is 2. The van der Waals surface area contributed by atoms with Crippen molar-refractivity contribution in [3.8, 4) is 17.4 Å². The second-order valence-electron chi connectivity index (χ2n) is 3.20. The Kier molecular flexibility index (Phi) is 3.04. The number of hydrogen-bond acceptors (Lipinski definition) is 5. The monoisotopic (exact) mass is 234 g/mol. The van der Waals surface area contributed by atoms with E-state index in [1.165, 1.54) is 0 Å². The number of carbonyl (C=O) groups excluding carboxylic acids is 1. The summed E-state index contributed by atoms with van der Waals surface area (Å²) in [6.07, 6.45) is 0.412. The molecule has 0 aliphatic heterocycles. The van der Waals surface area contributed by atoms with Crippen molar-refractivity contribution in [1.82, 2.24) is 5.27 Å². The molecular formula is C11H10N2O4. The van der Waals surface area contributed by atoms with Crippen LogP contribution in [-0.2, 0) is 0 Å². The molecule has 0 bridgehead atoms. The summed E-state index contributed by atoms with van der Waals surface area (Å²) in [5.41, 5.74) is 0.413. The molecule has 2 aromatic rings. The minimum atomic E-state index is -0.756. The first-order valence-corrected chi connectivity index (χ1v) is 5.03. The molecule has 0 spiro atoms. The third kappa shape index (κ3) is 2.10. The predicted molar refractivity (Wildman–Crippen MR) is 54.0 cm³/mol. The summed E-state index contributed by atoms with van der Waals surface area (Å²) >= 11 is 0. The Morgan fingerprint density at radius 2 is 2.18 bits per heavy atom. The second kappa shape index (κ2) is 4.65. The fraction of sp³-hybridized carbons (Fsp3) is 0.182. The first-order chi connectivity index (χ1) is 8.26. The van der Waals surface area contributed by atoms with Crippen molar-refractivity contribution in [3.63, 3.8) is 0 Å². The van der Waals surface area contributed by atoms with Crippen LogP contribution in [0.5, 0.6) is 11.7 Å². The quantitative estimate of drug-likeness (QED) is 0.559. The summed E-state index contributed by atoms with van der Waals surface area (Å²) in [6, 6.07) is 6.80. The topological polar surface area (TPSA) is 79.3 Å². The van der Waals surface area contributed by atoms with Crippen LogP contribution in [0.4, 0.5) is 0 Å². The highest BCUT2D eigenvalue weighted by atomic mass is 16.6. The zero-order valence-electron chi connectivity index (χ0n) is 9.12. The van der Waals surface area contributed by atoms with Crippen molar-refractivity contribution >= 4 is 6.29 Å². The second-order valence-corrected chi connectivity index (χ2v) is 3.20. The summed E-state index contributed by atoms with van der Waals surface area (Å²) < 4.78 is 10.8. The largest absolute Gasteiger partial charge is 0.539 e. The van der Waals surface area contributed by atoms with Crippen molar-refractivity contribution in [1.29, 1.82) is 0 Å². The van der Waals surface area contributed by atoms with Gasteiger partial charge in [0.05, 0.1) is 11.9 Å². The lowest BCUT2D eigenvalue weighted by Crippen LogP contribution is -2.36. The van der Waals surface area contributed by atoms with Gasteiger partial charge in [-0.1, -0.05) is 0 Å². The molecule has 0 saturated heterocycles. The van der Waals surface area contributed by atoms with E-state index in [0.29, 0.717) is 24.3 Å². The summed E-state index contributed by atoms with van der Waals surface area (Å²) in [7, 11) is 0. The Morgan fingerprint density at radius 1 is 1.47 bits per heavy atom. The molecule has 88 valence electrons. The van der Waals surface area contributed by atoms with Gasteiger partial charge in [-0.15, -0.1) is 0 Å². The average Bonchev–Trinajstić information content (AvgIpc) is 2.72. The van der Waals surface area contributed by atoms with Gasteiger partial charge in [-0.2, -0.15) is 0 Å². The molecule has 0 aliphatic carbocycles. The zero-order chi connectivity index (χ0) is 12.3. The van der Waals surface area contributed by atoms with E-state index >= 15 is 0 Å². The third-order valence-corrected chi connectivity index (χ3v) is 2.15. The van der Waals surface area contributed by atoms with E-state index in [-0.39, 0.29) is 5.69 Å². The van der Waals surface area contributed by atoms with Gasteiger partial charge in [0, 0.05) is 12.1 Å². The molecule has 1 aromatic carbocycles. The van der Waals surface area contributed by atoms with Crippen LogP contribution in [0, 0.1) is 0 Å². The summed E-state index contributed by atoms with van der Waals surface area (Å²) in [4.78, 5) is 10.7. The number of benzene rings is 1. The van der Waals surface area contributed by atoms with Gasteiger partial charge < -0.3 is 14.4 Å². The zero-order valence-corrected chi connectivity index (χ0v) is 9.12. The van der Waals surface area contributed by atoms with Crippen LogP contribution >= 0.6 is 0 Å². The van der Waals surface area contributed by atoms with Crippen molar-refractivity contribution in [2.75, 3.05) is 6.61 Å². The maximum atomic E-state index is 11.1. The highest BCUT2D eigenvalue weighted by Gasteiger charge is 2.19. The van der Waals surface area contributed by atoms with E-state index in [1.807, 2.05) is 6.92 Å². The lowest BCUT2D eigenvalue weighted by Gasteiger charge is -2.00. The normalized spacial score (nSPS) is 10.2. The van der Waals surface area contributed by atoms with Crippen molar-refractivity contribution in [2.45, 2.75) is 6.92 Å². The van der Waals surface area contributed by atoms with Crippen molar-refractivity contribution < 1.29 is 23.8 Å². The number of hydrogen-bond donors (Lipinski definition) is 0. The van der Waals surface area contributed by atoms with Crippen LogP contribution in [0.3, 0.4) is 0 Å². The molecule has 0 atom stereocenters. The fourth-order valence-electron chi connectivity index (χ4n) is 1.39. The van der Waals surface area contributed by atoms with Gasteiger partial charge in [-0.05, 0) is 23.7 Å². The SMILES string of the molecule is CCOc1ccc(-[n+]2noc([O-])c2C=O)cc1. The van der Waals surface area contributed by atoms with Gasteiger partial charge in [-0.25, -0.2) is 0 Å². The molecule has 0 N–H and O–H groups in total. The van der Waals surface area contributed by atoms with Crippen LogP contribution < -0.4 is 14.5 Å². The smallest absolute Gasteiger partial charge is 0.303 e. The Morgan fingerprint density at radius 3 is 2.76 bits per heavy atom. The molecule has 0 unspecified atom stereocenters. The van der Waals surface area contributed by atoms with Gasteiger partial charge >= 0.3 is 5.69 Å². The molecule has 0 aliphatic rings. The van der Waals surface area contributed by atoms with Gasteiger partial charge in [0.1, 0.15) is 5.75 Å². The summed E-state index contributed by atoms with van der Waals surface area (Å²) in [6.45, 7) is 2.45.